The number of benzene rings is 1. The number of carboxylic acids is 1. The van der Waals surface area contributed by atoms with Gasteiger partial charge in [-0.3, -0.25) is 9.69 Å². The summed E-state index contributed by atoms with van der Waals surface area (Å²) in [6, 6.07) is 2.63. The number of hydrogen-bond acceptors (Lipinski definition) is 3. The predicted molar refractivity (Wildman–Crippen MR) is 87.0 cm³/mol. The largest absolute Gasteiger partial charge is 0.480 e. The van der Waals surface area contributed by atoms with E-state index in [1.54, 1.807) is 0 Å². The van der Waals surface area contributed by atoms with Crippen LogP contribution < -0.4 is 5.32 Å². The minimum absolute atomic E-state index is 0.0101. The van der Waals surface area contributed by atoms with Crippen LogP contribution in [0.15, 0.2) is 18.2 Å². The van der Waals surface area contributed by atoms with E-state index < -0.39 is 23.5 Å². The second kappa shape index (κ2) is 7.52. The van der Waals surface area contributed by atoms with Gasteiger partial charge in [0.1, 0.15) is 5.82 Å². The van der Waals surface area contributed by atoms with Gasteiger partial charge in [-0.25, -0.2) is 4.39 Å². The zero-order valence-corrected chi connectivity index (χ0v) is 14.2. The Morgan fingerprint density at radius 3 is 2.54 bits per heavy atom. The minimum Gasteiger partial charge on any atom is -0.480 e. The summed E-state index contributed by atoms with van der Waals surface area (Å²) in [6.45, 7) is 0.816. The van der Waals surface area contributed by atoms with Gasteiger partial charge in [0.25, 0.3) is 0 Å². The molecular formula is C18H22F4N2O2. The number of nitrogens with one attached hydrogen (secondary N) is 1. The summed E-state index contributed by atoms with van der Waals surface area (Å²) in [5.74, 6) is -0.934. The highest BCUT2D eigenvalue weighted by Gasteiger charge is 2.37. The smallest absolute Gasteiger partial charge is 0.416 e. The fourth-order valence-electron chi connectivity index (χ4n) is 3.34. The van der Waals surface area contributed by atoms with Gasteiger partial charge in [-0.15, -0.1) is 0 Å². The van der Waals surface area contributed by atoms with Crippen molar-refractivity contribution in [3.8, 4) is 0 Å². The van der Waals surface area contributed by atoms with Crippen molar-refractivity contribution in [2.75, 3.05) is 13.1 Å². The predicted octanol–water partition coefficient (Wildman–Crippen LogP) is 3.26. The fourth-order valence-corrected chi connectivity index (χ4v) is 3.34. The SMILES string of the molecule is O=C(O)CN(CC1CC1)C1CC(NCc2cc(C(F)(F)F)ccc2F)C1. The number of carboxylic acid groups (broad SMARTS) is 1. The van der Waals surface area contributed by atoms with E-state index in [-0.39, 0.29) is 30.7 Å². The number of carbonyl (C=O) groups is 1. The second-order valence-corrected chi connectivity index (χ2v) is 7.27. The van der Waals surface area contributed by atoms with Gasteiger partial charge in [-0.2, -0.15) is 13.2 Å². The van der Waals surface area contributed by atoms with E-state index in [4.69, 9.17) is 5.11 Å². The van der Waals surface area contributed by atoms with Crippen LogP contribution in [0.25, 0.3) is 0 Å². The van der Waals surface area contributed by atoms with Crippen LogP contribution in [0.3, 0.4) is 0 Å². The molecule has 0 unspecified atom stereocenters. The van der Waals surface area contributed by atoms with Crippen LogP contribution in [0.1, 0.15) is 36.8 Å². The Morgan fingerprint density at radius 1 is 1.27 bits per heavy atom. The first-order valence-electron chi connectivity index (χ1n) is 8.77. The molecule has 2 N–H and O–H groups in total. The summed E-state index contributed by atoms with van der Waals surface area (Å²) < 4.78 is 51.9. The Morgan fingerprint density at radius 2 is 1.96 bits per heavy atom. The minimum atomic E-state index is -4.50. The van der Waals surface area contributed by atoms with Crippen molar-refractivity contribution in [1.29, 1.82) is 0 Å². The maximum atomic E-state index is 13.7. The molecule has 0 amide bonds. The standard InChI is InChI=1S/C18H22F4N2O2/c19-16-4-3-13(18(20,21)22)5-12(16)8-23-14-6-15(7-14)24(10-17(25)26)9-11-1-2-11/h3-5,11,14-15,23H,1-2,6-10H2,(H,25,26). The highest BCUT2D eigenvalue weighted by Crippen LogP contribution is 2.34. The monoisotopic (exact) mass is 374 g/mol. The van der Waals surface area contributed by atoms with Crippen LogP contribution in [-0.2, 0) is 17.5 Å². The second-order valence-electron chi connectivity index (χ2n) is 7.27. The fraction of sp³-hybridized carbons (Fsp3) is 0.611. The van der Waals surface area contributed by atoms with Crippen molar-refractivity contribution < 1.29 is 27.5 Å². The maximum Gasteiger partial charge on any atom is 0.416 e. The van der Waals surface area contributed by atoms with Gasteiger partial charge in [0.15, 0.2) is 0 Å². The summed E-state index contributed by atoms with van der Waals surface area (Å²) in [7, 11) is 0. The molecule has 4 nitrogen and oxygen atoms in total. The lowest BCUT2D eigenvalue weighted by atomic mass is 9.85. The van der Waals surface area contributed by atoms with Crippen LogP contribution in [-0.4, -0.2) is 41.1 Å². The van der Waals surface area contributed by atoms with E-state index in [2.05, 4.69) is 5.32 Å². The van der Waals surface area contributed by atoms with Gasteiger partial charge < -0.3 is 10.4 Å². The molecule has 144 valence electrons. The van der Waals surface area contributed by atoms with Crippen molar-refractivity contribution in [3.05, 3.63) is 35.1 Å². The Hall–Kier alpha value is -1.67. The lowest BCUT2D eigenvalue weighted by Gasteiger charge is -2.43. The summed E-state index contributed by atoms with van der Waals surface area (Å²) in [4.78, 5) is 13.0. The number of hydrogen-bond donors (Lipinski definition) is 2. The summed E-state index contributed by atoms with van der Waals surface area (Å²) >= 11 is 0. The zero-order chi connectivity index (χ0) is 18.9. The Kier molecular flexibility index (Phi) is 5.53. The number of halogens is 4. The molecule has 2 fully saturated rings. The highest BCUT2D eigenvalue weighted by molar-refractivity contribution is 5.69. The molecule has 0 saturated heterocycles. The lowest BCUT2D eigenvalue weighted by molar-refractivity contribution is -0.140. The molecule has 0 spiro atoms. The van der Waals surface area contributed by atoms with Crippen molar-refractivity contribution in [2.24, 2.45) is 5.92 Å². The van der Waals surface area contributed by atoms with Gasteiger partial charge in [0.2, 0.25) is 0 Å². The molecule has 3 rings (SSSR count). The molecule has 0 atom stereocenters. The van der Waals surface area contributed by atoms with Crippen LogP contribution in [0.5, 0.6) is 0 Å². The molecule has 1 aromatic rings. The first kappa shape index (κ1) is 19.1. The van der Waals surface area contributed by atoms with Crippen LogP contribution in [0.2, 0.25) is 0 Å². The molecule has 0 aromatic heterocycles. The molecule has 0 bridgehead atoms. The third-order valence-corrected chi connectivity index (χ3v) is 5.11. The van der Waals surface area contributed by atoms with E-state index in [9.17, 15) is 22.4 Å². The zero-order valence-electron chi connectivity index (χ0n) is 14.2. The lowest BCUT2D eigenvalue weighted by Crippen LogP contribution is -2.54. The molecule has 8 heteroatoms. The third-order valence-electron chi connectivity index (χ3n) is 5.11. The van der Waals surface area contributed by atoms with Gasteiger partial charge in [0.05, 0.1) is 12.1 Å². The Bertz CT molecular complexity index is 655. The summed E-state index contributed by atoms with van der Waals surface area (Å²) in [6.07, 6.45) is -0.774. The van der Waals surface area contributed by atoms with Crippen molar-refractivity contribution in [1.82, 2.24) is 10.2 Å². The van der Waals surface area contributed by atoms with E-state index in [1.165, 1.54) is 0 Å². The maximum absolute atomic E-state index is 13.7. The number of rotatable bonds is 8. The van der Waals surface area contributed by atoms with Crippen molar-refractivity contribution in [3.63, 3.8) is 0 Å². The molecule has 0 heterocycles. The van der Waals surface area contributed by atoms with Crippen molar-refractivity contribution >= 4 is 5.97 Å². The van der Waals surface area contributed by atoms with Gasteiger partial charge in [-0.1, -0.05) is 0 Å². The Balaban J connectivity index is 1.50. The number of alkyl halides is 3. The molecule has 0 aliphatic heterocycles. The van der Waals surface area contributed by atoms with Gasteiger partial charge in [-0.05, 0) is 49.8 Å². The van der Waals surface area contributed by atoms with E-state index in [0.29, 0.717) is 5.92 Å². The molecular weight excluding hydrogens is 352 g/mol. The van der Waals surface area contributed by atoms with E-state index in [1.807, 2.05) is 4.90 Å². The summed E-state index contributed by atoms with van der Waals surface area (Å²) in [5, 5.41) is 12.1. The molecule has 26 heavy (non-hydrogen) atoms. The molecule has 1 aromatic carbocycles. The van der Waals surface area contributed by atoms with E-state index >= 15 is 0 Å². The molecule has 2 aliphatic rings. The highest BCUT2D eigenvalue weighted by atomic mass is 19.4. The first-order chi connectivity index (χ1) is 12.2. The molecule has 0 radical (unpaired) electrons. The average Bonchev–Trinajstić information content (AvgIpc) is 3.29. The van der Waals surface area contributed by atoms with Crippen molar-refractivity contribution in [2.45, 2.75) is 50.5 Å². The van der Waals surface area contributed by atoms with Crippen LogP contribution >= 0.6 is 0 Å². The molecule has 2 aliphatic carbocycles. The van der Waals surface area contributed by atoms with Crippen LogP contribution in [0, 0.1) is 11.7 Å². The normalized spacial score (nSPS) is 23.1. The van der Waals surface area contributed by atoms with Gasteiger partial charge in [0, 0.05) is 30.7 Å². The quantitative estimate of drug-likeness (QED) is 0.686. The number of aliphatic carboxylic acids is 1. The average molecular weight is 374 g/mol. The topological polar surface area (TPSA) is 52.6 Å². The van der Waals surface area contributed by atoms with E-state index in [0.717, 1.165) is 50.4 Å². The molecule has 2 saturated carbocycles. The van der Waals surface area contributed by atoms with Gasteiger partial charge >= 0.3 is 12.1 Å². The third kappa shape index (κ3) is 4.94. The van der Waals surface area contributed by atoms with Crippen LogP contribution in [0.4, 0.5) is 17.6 Å². The summed E-state index contributed by atoms with van der Waals surface area (Å²) in [5.41, 5.74) is -0.872. The number of nitrogens with zero attached hydrogens (tertiary/aromatic N) is 1. The first-order valence-corrected chi connectivity index (χ1v) is 8.77. The Labute approximate surface area is 149 Å².